The van der Waals surface area contributed by atoms with Crippen LogP contribution in [0.1, 0.15) is 21.9 Å². The molecule has 156 valence electrons. The summed E-state index contributed by atoms with van der Waals surface area (Å²) in [4.78, 5) is 29.9. The average Bonchev–Trinajstić information content (AvgIpc) is 3.48. The number of carbonyl (C=O) groups is 2. The lowest BCUT2D eigenvalue weighted by Crippen LogP contribution is -2.55. The average molecular weight is 407 g/mol. The van der Waals surface area contributed by atoms with Gasteiger partial charge in [-0.2, -0.15) is 0 Å². The first kappa shape index (κ1) is 20.0. The van der Waals surface area contributed by atoms with Crippen molar-refractivity contribution >= 4 is 11.8 Å². The van der Waals surface area contributed by atoms with Gasteiger partial charge < -0.3 is 19.1 Å². The summed E-state index contributed by atoms with van der Waals surface area (Å²) in [5.74, 6) is 0.661. The van der Waals surface area contributed by atoms with Crippen LogP contribution in [-0.4, -0.2) is 53.8 Å². The standard InChI is InChI=1S/C23H25N3O4/c27-22(21-9-5-15-30-21)24-20(16-18-6-2-1-3-7-18)23(28)26-12-10-25(11-13-26)17-19-8-4-14-29-19/h1-9,14-15,20H,10-13,16-17H2,(H,24,27). The van der Waals surface area contributed by atoms with Crippen molar-refractivity contribution in [2.75, 3.05) is 26.2 Å². The van der Waals surface area contributed by atoms with Crippen LogP contribution in [0.4, 0.5) is 0 Å². The van der Waals surface area contributed by atoms with Crippen molar-refractivity contribution in [3.63, 3.8) is 0 Å². The highest BCUT2D eigenvalue weighted by Gasteiger charge is 2.29. The van der Waals surface area contributed by atoms with E-state index >= 15 is 0 Å². The summed E-state index contributed by atoms with van der Waals surface area (Å²) in [5, 5.41) is 2.86. The Morgan fingerprint density at radius 3 is 2.30 bits per heavy atom. The van der Waals surface area contributed by atoms with E-state index in [9.17, 15) is 9.59 Å². The number of piperazine rings is 1. The zero-order valence-electron chi connectivity index (χ0n) is 16.7. The predicted octanol–water partition coefficient (Wildman–Crippen LogP) is 2.56. The highest BCUT2D eigenvalue weighted by molar-refractivity contribution is 5.95. The lowest BCUT2D eigenvalue weighted by molar-refractivity contribution is -0.135. The molecule has 3 heterocycles. The second kappa shape index (κ2) is 9.45. The number of rotatable bonds is 7. The second-order valence-corrected chi connectivity index (χ2v) is 7.37. The molecule has 1 fully saturated rings. The van der Waals surface area contributed by atoms with Crippen LogP contribution in [0.5, 0.6) is 0 Å². The Kier molecular flexibility index (Phi) is 6.29. The molecule has 4 rings (SSSR count). The number of nitrogens with zero attached hydrogens (tertiary/aromatic N) is 2. The number of nitrogens with one attached hydrogen (secondary N) is 1. The number of carbonyl (C=O) groups excluding carboxylic acids is 2. The topological polar surface area (TPSA) is 78.9 Å². The van der Waals surface area contributed by atoms with Gasteiger partial charge >= 0.3 is 0 Å². The third-order valence-corrected chi connectivity index (χ3v) is 5.27. The van der Waals surface area contributed by atoms with Gasteiger partial charge in [-0.25, -0.2) is 0 Å². The molecule has 7 nitrogen and oxygen atoms in total. The summed E-state index contributed by atoms with van der Waals surface area (Å²) in [7, 11) is 0. The van der Waals surface area contributed by atoms with E-state index in [1.807, 2.05) is 47.4 Å². The van der Waals surface area contributed by atoms with E-state index in [0.717, 1.165) is 31.0 Å². The van der Waals surface area contributed by atoms with Gasteiger partial charge in [0.15, 0.2) is 5.76 Å². The molecule has 0 saturated carbocycles. The summed E-state index contributed by atoms with van der Waals surface area (Å²) < 4.78 is 10.6. The minimum atomic E-state index is -0.651. The second-order valence-electron chi connectivity index (χ2n) is 7.37. The van der Waals surface area contributed by atoms with E-state index < -0.39 is 6.04 Å². The van der Waals surface area contributed by atoms with Crippen molar-refractivity contribution in [1.82, 2.24) is 15.1 Å². The molecule has 2 amide bonds. The fraction of sp³-hybridized carbons (Fsp3) is 0.304. The molecule has 0 spiro atoms. The molecule has 0 radical (unpaired) electrons. The van der Waals surface area contributed by atoms with Crippen molar-refractivity contribution in [1.29, 1.82) is 0 Å². The third-order valence-electron chi connectivity index (χ3n) is 5.27. The van der Waals surface area contributed by atoms with Crippen LogP contribution in [0.3, 0.4) is 0 Å². The zero-order valence-corrected chi connectivity index (χ0v) is 16.7. The van der Waals surface area contributed by atoms with Crippen LogP contribution in [-0.2, 0) is 17.8 Å². The van der Waals surface area contributed by atoms with Crippen LogP contribution in [0.15, 0.2) is 76.0 Å². The highest BCUT2D eigenvalue weighted by atomic mass is 16.3. The molecule has 7 heteroatoms. The first-order valence-electron chi connectivity index (χ1n) is 10.1. The molecule has 2 aromatic heterocycles. The fourth-order valence-electron chi connectivity index (χ4n) is 3.66. The van der Waals surface area contributed by atoms with Gasteiger partial charge in [-0.05, 0) is 29.8 Å². The van der Waals surface area contributed by atoms with Gasteiger partial charge in [0.2, 0.25) is 5.91 Å². The Labute approximate surface area is 175 Å². The molecule has 1 N–H and O–H groups in total. The quantitative estimate of drug-likeness (QED) is 0.651. The molecule has 1 aromatic carbocycles. The smallest absolute Gasteiger partial charge is 0.287 e. The summed E-state index contributed by atoms with van der Waals surface area (Å²) in [5.41, 5.74) is 0.993. The SMILES string of the molecule is O=C(NC(Cc1ccccc1)C(=O)N1CCN(Cc2ccco2)CC1)c1ccco1. The lowest BCUT2D eigenvalue weighted by atomic mass is 10.0. The summed E-state index contributed by atoms with van der Waals surface area (Å²) in [6.45, 7) is 3.48. The van der Waals surface area contributed by atoms with E-state index in [1.54, 1.807) is 18.4 Å². The Morgan fingerprint density at radius 1 is 0.900 bits per heavy atom. The van der Waals surface area contributed by atoms with Crippen molar-refractivity contribution in [3.8, 4) is 0 Å². The van der Waals surface area contributed by atoms with Crippen molar-refractivity contribution in [2.24, 2.45) is 0 Å². The first-order valence-corrected chi connectivity index (χ1v) is 10.1. The number of benzene rings is 1. The molecule has 0 aliphatic carbocycles. The number of amides is 2. The third kappa shape index (κ3) is 4.99. The van der Waals surface area contributed by atoms with Gasteiger partial charge in [-0.3, -0.25) is 14.5 Å². The van der Waals surface area contributed by atoms with E-state index in [-0.39, 0.29) is 17.6 Å². The van der Waals surface area contributed by atoms with Gasteiger partial charge in [0.05, 0.1) is 19.1 Å². The fourth-order valence-corrected chi connectivity index (χ4v) is 3.66. The van der Waals surface area contributed by atoms with Gasteiger partial charge in [0, 0.05) is 32.6 Å². The molecule has 1 unspecified atom stereocenters. The van der Waals surface area contributed by atoms with Crippen molar-refractivity contribution < 1.29 is 18.4 Å². The summed E-state index contributed by atoms with van der Waals surface area (Å²) >= 11 is 0. The maximum Gasteiger partial charge on any atom is 0.287 e. The normalized spacial score (nSPS) is 15.7. The van der Waals surface area contributed by atoms with E-state index in [4.69, 9.17) is 8.83 Å². The Hall–Kier alpha value is -3.32. The number of furan rings is 2. The molecule has 1 aliphatic heterocycles. The number of hydrogen-bond acceptors (Lipinski definition) is 5. The van der Waals surface area contributed by atoms with E-state index in [1.165, 1.54) is 6.26 Å². The molecule has 1 aliphatic rings. The Bertz CT molecular complexity index is 930. The molecule has 3 aromatic rings. The molecule has 1 atom stereocenters. The molecular weight excluding hydrogens is 382 g/mol. The van der Waals surface area contributed by atoms with Gasteiger partial charge in [-0.1, -0.05) is 30.3 Å². The molecule has 0 bridgehead atoms. The van der Waals surface area contributed by atoms with Crippen LogP contribution >= 0.6 is 0 Å². The maximum atomic E-state index is 13.3. The van der Waals surface area contributed by atoms with Crippen LogP contribution < -0.4 is 5.32 Å². The van der Waals surface area contributed by atoms with E-state index in [0.29, 0.717) is 19.5 Å². The Morgan fingerprint density at radius 2 is 1.63 bits per heavy atom. The summed E-state index contributed by atoms with van der Waals surface area (Å²) in [6.07, 6.45) is 3.55. The van der Waals surface area contributed by atoms with Gasteiger partial charge in [0.1, 0.15) is 11.8 Å². The highest BCUT2D eigenvalue weighted by Crippen LogP contribution is 2.13. The molecule has 1 saturated heterocycles. The summed E-state index contributed by atoms with van der Waals surface area (Å²) in [6, 6.07) is 16.1. The predicted molar refractivity (Wildman–Crippen MR) is 111 cm³/mol. The van der Waals surface area contributed by atoms with Crippen LogP contribution in [0.25, 0.3) is 0 Å². The Balaban J connectivity index is 1.40. The van der Waals surface area contributed by atoms with Gasteiger partial charge in [0.25, 0.3) is 5.91 Å². The lowest BCUT2D eigenvalue weighted by Gasteiger charge is -2.36. The van der Waals surface area contributed by atoms with Crippen LogP contribution in [0.2, 0.25) is 0 Å². The van der Waals surface area contributed by atoms with Crippen molar-refractivity contribution in [2.45, 2.75) is 19.0 Å². The van der Waals surface area contributed by atoms with Crippen LogP contribution in [0, 0.1) is 0 Å². The maximum absolute atomic E-state index is 13.3. The minimum absolute atomic E-state index is 0.0728. The first-order chi connectivity index (χ1) is 14.7. The van der Waals surface area contributed by atoms with Crippen molar-refractivity contribution in [3.05, 3.63) is 84.2 Å². The van der Waals surface area contributed by atoms with Gasteiger partial charge in [-0.15, -0.1) is 0 Å². The zero-order chi connectivity index (χ0) is 20.8. The largest absolute Gasteiger partial charge is 0.468 e. The van der Waals surface area contributed by atoms with E-state index in [2.05, 4.69) is 10.2 Å². The molecule has 30 heavy (non-hydrogen) atoms. The number of hydrogen-bond donors (Lipinski definition) is 1. The minimum Gasteiger partial charge on any atom is -0.468 e. The monoisotopic (exact) mass is 407 g/mol. The molecular formula is C23H25N3O4.